The van der Waals surface area contributed by atoms with Gasteiger partial charge in [-0.25, -0.2) is 0 Å². The van der Waals surface area contributed by atoms with Gasteiger partial charge in [0.25, 0.3) is 0 Å². The van der Waals surface area contributed by atoms with Crippen LogP contribution in [0.2, 0.25) is 0 Å². The molecule has 24 heavy (non-hydrogen) atoms. The van der Waals surface area contributed by atoms with Crippen LogP contribution in [0.1, 0.15) is 62.9 Å². The molecule has 2 aromatic rings. The molecule has 1 aliphatic heterocycles. The van der Waals surface area contributed by atoms with E-state index in [1.54, 1.807) is 0 Å². The molecule has 0 N–H and O–H groups in total. The Bertz CT molecular complexity index is 695. The maximum Gasteiger partial charge on any atom is 0.0799 e. The van der Waals surface area contributed by atoms with Gasteiger partial charge in [-0.1, -0.05) is 50.3 Å². The van der Waals surface area contributed by atoms with E-state index >= 15 is 0 Å². The predicted octanol–water partition coefficient (Wildman–Crippen LogP) is 4.88. The molecule has 0 amide bonds. The molecular formula is C21H29N3. The van der Waals surface area contributed by atoms with Crippen LogP contribution in [0.3, 0.4) is 0 Å². The average molecular weight is 323 g/mol. The van der Waals surface area contributed by atoms with Gasteiger partial charge in [0, 0.05) is 31.9 Å². The fourth-order valence-corrected chi connectivity index (χ4v) is 3.29. The maximum absolute atomic E-state index is 4.86. The van der Waals surface area contributed by atoms with E-state index in [9.17, 15) is 0 Å². The van der Waals surface area contributed by atoms with Crippen LogP contribution in [-0.2, 0) is 6.54 Å². The van der Waals surface area contributed by atoms with Gasteiger partial charge in [0.05, 0.1) is 5.69 Å². The van der Waals surface area contributed by atoms with Crippen LogP contribution in [-0.4, -0.2) is 27.8 Å². The SMILES string of the molecule is CC(C)c1cn(C(C)C)nc1CN1CC=C(c2ccccc2)CC1. The number of benzene rings is 1. The highest BCUT2D eigenvalue weighted by Crippen LogP contribution is 2.25. The number of hydrogen-bond donors (Lipinski definition) is 0. The molecule has 3 nitrogen and oxygen atoms in total. The van der Waals surface area contributed by atoms with Crippen molar-refractivity contribution in [1.82, 2.24) is 14.7 Å². The van der Waals surface area contributed by atoms with Crippen LogP contribution < -0.4 is 0 Å². The van der Waals surface area contributed by atoms with E-state index in [-0.39, 0.29) is 0 Å². The lowest BCUT2D eigenvalue weighted by molar-refractivity contribution is 0.287. The van der Waals surface area contributed by atoms with Gasteiger partial charge in [-0.3, -0.25) is 9.58 Å². The lowest BCUT2D eigenvalue weighted by Crippen LogP contribution is -2.28. The molecule has 2 heterocycles. The minimum atomic E-state index is 0.419. The maximum atomic E-state index is 4.86. The quantitative estimate of drug-likeness (QED) is 0.782. The van der Waals surface area contributed by atoms with Gasteiger partial charge in [0.1, 0.15) is 0 Å². The highest BCUT2D eigenvalue weighted by atomic mass is 15.3. The van der Waals surface area contributed by atoms with Crippen molar-refractivity contribution in [3.63, 3.8) is 0 Å². The Labute approximate surface area is 146 Å². The summed E-state index contributed by atoms with van der Waals surface area (Å²) in [6, 6.07) is 11.2. The van der Waals surface area contributed by atoms with Crippen LogP contribution in [0, 0.1) is 0 Å². The lowest BCUT2D eigenvalue weighted by Gasteiger charge is -2.26. The van der Waals surface area contributed by atoms with E-state index in [2.05, 4.69) is 79.9 Å². The third-order valence-corrected chi connectivity index (χ3v) is 4.80. The van der Waals surface area contributed by atoms with E-state index in [0.29, 0.717) is 12.0 Å². The van der Waals surface area contributed by atoms with Gasteiger partial charge >= 0.3 is 0 Å². The fraction of sp³-hybridized carbons (Fsp3) is 0.476. The molecule has 1 aromatic heterocycles. The molecule has 0 saturated carbocycles. The summed E-state index contributed by atoms with van der Waals surface area (Å²) in [5.41, 5.74) is 5.48. The molecule has 0 radical (unpaired) electrons. The van der Waals surface area contributed by atoms with Gasteiger partial charge in [-0.15, -0.1) is 0 Å². The molecular weight excluding hydrogens is 294 g/mol. The smallest absolute Gasteiger partial charge is 0.0799 e. The molecule has 0 atom stereocenters. The molecule has 0 fully saturated rings. The molecule has 0 spiro atoms. The minimum Gasteiger partial charge on any atom is -0.293 e. The van der Waals surface area contributed by atoms with Gasteiger partial charge in [-0.2, -0.15) is 5.10 Å². The standard InChI is InChI=1S/C21H29N3/c1-16(2)20-14-24(17(3)4)22-21(20)15-23-12-10-19(11-13-23)18-8-6-5-7-9-18/h5-10,14,16-17H,11-13,15H2,1-4H3. The van der Waals surface area contributed by atoms with Crippen molar-refractivity contribution in [3.05, 3.63) is 59.4 Å². The largest absolute Gasteiger partial charge is 0.293 e. The van der Waals surface area contributed by atoms with Crippen molar-refractivity contribution in [2.45, 2.75) is 52.6 Å². The second-order valence-electron chi connectivity index (χ2n) is 7.34. The molecule has 3 rings (SSSR count). The van der Waals surface area contributed by atoms with E-state index in [0.717, 1.165) is 26.1 Å². The van der Waals surface area contributed by atoms with Crippen LogP contribution in [0.15, 0.2) is 42.6 Å². The molecule has 1 aliphatic rings. The Hall–Kier alpha value is -1.87. The Morgan fingerprint density at radius 3 is 2.42 bits per heavy atom. The normalized spacial score (nSPS) is 16.0. The Kier molecular flexibility index (Phi) is 5.20. The second-order valence-corrected chi connectivity index (χ2v) is 7.34. The molecule has 0 saturated heterocycles. The first kappa shape index (κ1) is 17.0. The summed E-state index contributed by atoms with van der Waals surface area (Å²) in [4.78, 5) is 2.51. The topological polar surface area (TPSA) is 21.1 Å². The van der Waals surface area contributed by atoms with E-state index in [1.807, 2.05) is 0 Å². The first-order chi connectivity index (χ1) is 11.5. The van der Waals surface area contributed by atoms with Crippen molar-refractivity contribution in [1.29, 1.82) is 0 Å². The highest BCUT2D eigenvalue weighted by Gasteiger charge is 2.18. The van der Waals surface area contributed by atoms with Gasteiger partial charge in [0.15, 0.2) is 0 Å². The molecule has 0 aliphatic carbocycles. The number of hydrogen-bond acceptors (Lipinski definition) is 2. The second kappa shape index (κ2) is 7.35. The van der Waals surface area contributed by atoms with Crippen molar-refractivity contribution >= 4 is 5.57 Å². The van der Waals surface area contributed by atoms with Crippen LogP contribution in [0.25, 0.3) is 5.57 Å². The van der Waals surface area contributed by atoms with Crippen molar-refractivity contribution in [2.24, 2.45) is 0 Å². The predicted molar refractivity (Wildman–Crippen MR) is 101 cm³/mol. The summed E-state index contributed by atoms with van der Waals surface area (Å²) in [7, 11) is 0. The third-order valence-electron chi connectivity index (χ3n) is 4.80. The average Bonchev–Trinajstić information content (AvgIpc) is 3.01. The fourth-order valence-electron chi connectivity index (χ4n) is 3.29. The summed E-state index contributed by atoms with van der Waals surface area (Å²) < 4.78 is 2.11. The first-order valence-corrected chi connectivity index (χ1v) is 9.09. The van der Waals surface area contributed by atoms with Crippen molar-refractivity contribution < 1.29 is 0 Å². The van der Waals surface area contributed by atoms with Crippen LogP contribution in [0.4, 0.5) is 0 Å². The zero-order valence-corrected chi connectivity index (χ0v) is 15.4. The zero-order valence-electron chi connectivity index (χ0n) is 15.4. The van der Waals surface area contributed by atoms with E-state index < -0.39 is 0 Å². The third kappa shape index (κ3) is 3.78. The summed E-state index contributed by atoms with van der Waals surface area (Å²) in [6.45, 7) is 12.0. The summed E-state index contributed by atoms with van der Waals surface area (Å²) in [5.74, 6) is 0.521. The molecule has 1 aromatic carbocycles. The lowest BCUT2D eigenvalue weighted by atomic mass is 9.99. The molecule has 0 bridgehead atoms. The zero-order chi connectivity index (χ0) is 17.1. The highest BCUT2D eigenvalue weighted by molar-refractivity contribution is 5.66. The first-order valence-electron chi connectivity index (χ1n) is 9.09. The van der Waals surface area contributed by atoms with Crippen LogP contribution >= 0.6 is 0 Å². The molecule has 128 valence electrons. The monoisotopic (exact) mass is 323 g/mol. The van der Waals surface area contributed by atoms with E-state index in [4.69, 9.17) is 5.10 Å². The summed E-state index contributed by atoms with van der Waals surface area (Å²) in [5, 5.41) is 4.86. The molecule has 0 unspecified atom stereocenters. The minimum absolute atomic E-state index is 0.419. The van der Waals surface area contributed by atoms with Crippen LogP contribution in [0.5, 0.6) is 0 Å². The number of nitrogens with zero attached hydrogens (tertiary/aromatic N) is 3. The Morgan fingerprint density at radius 2 is 1.83 bits per heavy atom. The number of rotatable bonds is 5. The summed E-state index contributed by atoms with van der Waals surface area (Å²) in [6.07, 6.45) is 5.74. The Balaban J connectivity index is 1.71. The van der Waals surface area contributed by atoms with Crippen molar-refractivity contribution in [3.8, 4) is 0 Å². The summed E-state index contributed by atoms with van der Waals surface area (Å²) >= 11 is 0. The molecule has 3 heteroatoms. The van der Waals surface area contributed by atoms with Gasteiger partial charge < -0.3 is 0 Å². The van der Waals surface area contributed by atoms with Gasteiger partial charge in [-0.05, 0) is 42.9 Å². The van der Waals surface area contributed by atoms with Gasteiger partial charge in [0.2, 0.25) is 0 Å². The Morgan fingerprint density at radius 1 is 1.08 bits per heavy atom. The van der Waals surface area contributed by atoms with E-state index in [1.165, 1.54) is 22.4 Å². The van der Waals surface area contributed by atoms with Crippen molar-refractivity contribution in [2.75, 3.05) is 13.1 Å². The number of aromatic nitrogens is 2.